The van der Waals surface area contributed by atoms with Crippen molar-refractivity contribution in [1.82, 2.24) is 14.8 Å². The third-order valence-corrected chi connectivity index (χ3v) is 3.55. The van der Waals surface area contributed by atoms with Crippen LogP contribution in [-0.4, -0.2) is 27.3 Å². The van der Waals surface area contributed by atoms with Crippen molar-refractivity contribution in [2.75, 3.05) is 11.9 Å². The number of nitrogens with zero attached hydrogens (tertiary/aromatic N) is 3. The van der Waals surface area contributed by atoms with Crippen LogP contribution in [0.4, 0.5) is 5.69 Å². The summed E-state index contributed by atoms with van der Waals surface area (Å²) in [4.78, 5) is 15.8. The van der Waals surface area contributed by atoms with Crippen LogP contribution in [0.5, 0.6) is 5.75 Å². The molecule has 0 saturated heterocycles. The fourth-order valence-electron chi connectivity index (χ4n) is 1.92. The number of hydrogen-bond acceptors (Lipinski definition) is 4. The van der Waals surface area contributed by atoms with Gasteiger partial charge in [0.25, 0.3) is 5.91 Å². The monoisotopic (exact) mass is 372 g/mol. The third kappa shape index (κ3) is 4.17. The van der Waals surface area contributed by atoms with Gasteiger partial charge in [0, 0.05) is 10.2 Å². The van der Waals surface area contributed by atoms with Crippen molar-refractivity contribution >= 4 is 27.5 Å². The van der Waals surface area contributed by atoms with E-state index in [9.17, 15) is 4.79 Å². The normalized spacial score (nSPS) is 10.3. The van der Waals surface area contributed by atoms with Crippen LogP contribution in [0.3, 0.4) is 0 Å². The van der Waals surface area contributed by atoms with Crippen LogP contribution in [0, 0.1) is 0 Å². The molecule has 2 aromatic carbocycles. The Hall–Kier alpha value is -2.67. The van der Waals surface area contributed by atoms with E-state index in [0.29, 0.717) is 11.4 Å². The third-order valence-electron chi connectivity index (χ3n) is 3.02. The molecule has 1 amide bonds. The molecule has 0 unspecified atom stereocenters. The van der Waals surface area contributed by atoms with Crippen molar-refractivity contribution in [1.29, 1.82) is 0 Å². The summed E-state index contributed by atoms with van der Waals surface area (Å²) in [7, 11) is 0. The number of carbonyl (C=O) groups excluding carboxylic acids is 1. The van der Waals surface area contributed by atoms with Crippen molar-refractivity contribution < 1.29 is 9.53 Å². The summed E-state index contributed by atoms with van der Waals surface area (Å²) in [6, 6.07) is 14.6. The zero-order chi connectivity index (χ0) is 16.1. The van der Waals surface area contributed by atoms with Gasteiger partial charge in [-0.3, -0.25) is 4.79 Å². The maximum absolute atomic E-state index is 11.9. The quantitative estimate of drug-likeness (QED) is 0.747. The van der Waals surface area contributed by atoms with Gasteiger partial charge < -0.3 is 10.1 Å². The lowest BCUT2D eigenvalue weighted by Crippen LogP contribution is -2.20. The van der Waals surface area contributed by atoms with E-state index in [2.05, 4.69) is 31.3 Å². The predicted molar refractivity (Wildman–Crippen MR) is 89.6 cm³/mol. The van der Waals surface area contributed by atoms with Crippen LogP contribution in [0.1, 0.15) is 0 Å². The number of carbonyl (C=O) groups is 1. The molecule has 0 atom stereocenters. The van der Waals surface area contributed by atoms with Gasteiger partial charge in [-0.25, -0.2) is 9.67 Å². The highest BCUT2D eigenvalue weighted by Crippen LogP contribution is 2.16. The average molecular weight is 373 g/mol. The zero-order valence-electron chi connectivity index (χ0n) is 12.0. The molecule has 1 N–H and O–H groups in total. The van der Waals surface area contributed by atoms with E-state index in [0.717, 1.165) is 10.2 Å². The van der Waals surface area contributed by atoms with Crippen molar-refractivity contribution in [3.8, 4) is 11.4 Å². The number of anilines is 1. The van der Waals surface area contributed by atoms with Crippen LogP contribution in [-0.2, 0) is 4.79 Å². The second-order valence-corrected chi connectivity index (χ2v) is 5.59. The van der Waals surface area contributed by atoms with Gasteiger partial charge >= 0.3 is 0 Å². The fraction of sp³-hybridized carbons (Fsp3) is 0.0625. The SMILES string of the molecule is O=C(COc1ccc(Br)cc1)Nc1ccc(-n2cncn2)cc1. The Morgan fingerprint density at radius 2 is 1.87 bits per heavy atom. The standard InChI is InChI=1S/C16H13BrN4O2/c17-12-1-7-15(8-2-12)23-9-16(22)20-13-3-5-14(6-4-13)21-11-18-10-19-21/h1-8,10-11H,9H2,(H,20,22). The van der Waals surface area contributed by atoms with Crippen molar-refractivity contribution in [3.05, 3.63) is 65.7 Å². The van der Waals surface area contributed by atoms with Crippen molar-refractivity contribution in [3.63, 3.8) is 0 Å². The van der Waals surface area contributed by atoms with Gasteiger partial charge in [0.2, 0.25) is 0 Å². The van der Waals surface area contributed by atoms with Gasteiger partial charge in [-0.05, 0) is 48.5 Å². The molecule has 6 nitrogen and oxygen atoms in total. The summed E-state index contributed by atoms with van der Waals surface area (Å²) < 4.78 is 8.02. The fourth-order valence-corrected chi connectivity index (χ4v) is 2.18. The Morgan fingerprint density at radius 1 is 1.13 bits per heavy atom. The number of ether oxygens (including phenoxy) is 1. The van der Waals surface area contributed by atoms with Crippen LogP contribution >= 0.6 is 15.9 Å². The largest absolute Gasteiger partial charge is 0.484 e. The molecule has 1 heterocycles. The molecule has 0 aliphatic heterocycles. The number of aromatic nitrogens is 3. The number of hydrogen-bond donors (Lipinski definition) is 1. The molecular weight excluding hydrogens is 360 g/mol. The maximum Gasteiger partial charge on any atom is 0.262 e. The van der Waals surface area contributed by atoms with Gasteiger partial charge in [-0.2, -0.15) is 5.10 Å². The topological polar surface area (TPSA) is 69.0 Å². The zero-order valence-corrected chi connectivity index (χ0v) is 13.6. The molecule has 0 bridgehead atoms. The van der Waals surface area contributed by atoms with E-state index in [1.807, 2.05) is 24.3 Å². The highest BCUT2D eigenvalue weighted by atomic mass is 79.9. The summed E-state index contributed by atoms with van der Waals surface area (Å²) in [6.07, 6.45) is 3.08. The molecule has 0 aliphatic rings. The molecule has 23 heavy (non-hydrogen) atoms. The lowest BCUT2D eigenvalue weighted by atomic mass is 10.3. The molecule has 0 radical (unpaired) electrons. The minimum atomic E-state index is -0.221. The van der Waals surface area contributed by atoms with Gasteiger partial charge in [0.05, 0.1) is 5.69 Å². The first-order chi connectivity index (χ1) is 11.2. The van der Waals surface area contributed by atoms with E-state index < -0.39 is 0 Å². The molecule has 7 heteroatoms. The molecule has 0 saturated carbocycles. The summed E-state index contributed by atoms with van der Waals surface area (Å²) in [5.74, 6) is 0.423. The van der Waals surface area contributed by atoms with Crippen molar-refractivity contribution in [2.24, 2.45) is 0 Å². The van der Waals surface area contributed by atoms with E-state index in [4.69, 9.17) is 4.74 Å². The summed E-state index contributed by atoms with van der Waals surface area (Å²) in [6.45, 7) is -0.0491. The molecule has 0 spiro atoms. The molecule has 3 aromatic rings. The van der Waals surface area contributed by atoms with Crippen molar-refractivity contribution in [2.45, 2.75) is 0 Å². The molecule has 0 fully saturated rings. The first kappa shape index (κ1) is 15.2. The molecule has 1 aromatic heterocycles. The Kier molecular flexibility index (Phi) is 4.68. The maximum atomic E-state index is 11.9. The number of amides is 1. The molecule has 116 valence electrons. The van der Waals surface area contributed by atoms with Crippen LogP contribution in [0.2, 0.25) is 0 Å². The van der Waals surface area contributed by atoms with Crippen LogP contribution < -0.4 is 10.1 Å². The summed E-state index contributed by atoms with van der Waals surface area (Å²) >= 11 is 3.34. The average Bonchev–Trinajstić information content (AvgIpc) is 3.09. The minimum Gasteiger partial charge on any atom is -0.484 e. The first-order valence-electron chi connectivity index (χ1n) is 6.84. The molecular formula is C16H13BrN4O2. The minimum absolute atomic E-state index is 0.0491. The highest BCUT2D eigenvalue weighted by molar-refractivity contribution is 9.10. The number of benzene rings is 2. The van der Waals surface area contributed by atoms with Crippen LogP contribution in [0.15, 0.2) is 65.7 Å². The lowest BCUT2D eigenvalue weighted by Gasteiger charge is -2.08. The first-order valence-corrected chi connectivity index (χ1v) is 7.63. The molecule has 3 rings (SSSR count). The van der Waals surface area contributed by atoms with Crippen LogP contribution in [0.25, 0.3) is 5.69 Å². The summed E-state index contributed by atoms with van der Waals surface area (Å²) in [5, 5.41) is 6.82. The van der Waals surface area contributed by atoms with Gasteiger partial charge in [0.15, 0.2) is 6.61 Å². The van der Waals surface area contributed by atoms with Gasteiger partial charge in [-0.1, -0.05) is 15.9 Å². The predicted octanol–water partition coefficient (Wildman–Crippen LogP) is 3.05. The van der Waals surface area contributed by atoms with Gasteiger partial charge in [-0.15, -0.1) is 0 Å². The Morgan fingerprint density at radius 3 is 2.52 bits per heavy atom. The highest BCUT2D eigenvalue weighted by Gasteiger charge is 2.04. The second kappa shape index (κ2) is 7.06. The summed E-state index contributed by atoms with van der Waals surface area (Å²) in [5.41, 5.74) is 1.56. The van der Waals surface area contributed by atoms with E-state index >= 15 is 0 Å². The number of rotatable bonds is 5. The number of halogens is 1. The Bertz CT molecular complexity index is 771. The van der Waals surface area contributed by atoms with Gasteiger partial charge in [0.1, 0.15) is 18.4 Å². The second-order valence-electron chi connectivity index (χ2n) is 4.68. The number of nitrogens with one attached hydrogen (secondary N) is 1. The van der Waals surface area contributed by atoms with E-state index in [1.165, 1.54) is 6.33 Å². The Balaban J connectivity index is 1.54. The molecule has 0 aliphatic carbocycles. The van der Waals surface area contributed by atoms with E-state index in [-0.39, 0.29) is 12.5 Å². The smallest absolute Gasteiger partial charge is 0.262 e. The van der Waals surface area contributed by atoms with E-state index in [1.54, 1.807) is 35.3 Å². The lowest BCUT2D eigenvalue weighted by molar-refractivity contribution is -0.118. The Labute approximate surface area is 141 Å².